The highest BCUT2D eigenvalue weighted by Gasteiger charge is 2.43. The molecule has 0 aromatic rings. The molecule has 2 aliphatic rings. The summed E-state index contributed by atoms with van der Waals surface area (Å²) in [5.74, 6) is 0.162. The van der Waals surface area contributed by atoms with Crippen molar-refractivity contribution >= 4 is 11.9 Å². The summed E-state index contributed by atoms with van der Waals surface area (Å²) >= 11 is 0. The second kappa shape index (κ2) is 4.29. The number of amides is 1. The molecular weight excluding hydrogens is 222 g/mol. The van der Waals surface area contributed by atoms with Crippen molar-refractivity contribution < 1.29 is 19.1 Å². The van der Waals surface area contributed by atoms with E-state index in [1.807, 2.05) is 20.8 Å². The number of Topliss-reactive ketones (excluding diaryl/α,β-unsaturated/α-hetero) is 1. The van der Waals surface area contributed by atoms with Gasteiger partial charge in [-0.3, -0.25) is 9.69 Å². The largest absolute Gasteiger partial charge is 0.444 e. The zero-order valence-electron chi connectivity index (χ0n) is 10.6. The van der Waals surface area contributed by atoms with Crippen LogP contribution >= 0.6 is 0 Å². The number of hydrogen-bond donors (Lipinski definition) is 0. The van der Waals surface area contributed by atoms with E-state index in [0.29, 0.717) is 26.0 Å². The van der Waals surface area contributed by atoms with Crippen molar-refractivity contribution in [3.63, 3.8) is 0 Å². The second-order valence-corrected chi connectivity index (χ2v) is 5.60. The van der Waals surface area contributed by atoms with Crippen LogP contribution in [0.25, 0.3) is 0 Å². The van der Waals surface area contributed by atoms with Gasteiger partial charge in [0, 0.05) is 19.4 Å². The third kappa shape index (κ3) is 2.77. The minimum Gasteiger partial charge on any atom is -0.444 e. The molecule has 1 aliphatic carbocycles. The average molecular weight is 241 g/mol. The number of hydrogen-bond acceptors (Lipinski definition) is 4. The topological polar surface area (TPSA) is 55.8 Å². The third-order valence-corrected chi connectivity index (χ3v) is 2.99. The standard InChI is InChI=1S/C12H19NO4/c1-12(2,3)17-11(15)13-4-5-16-10-7-8(14)6-9(10)13/h9-10H,4-7H2,1-3H3/t9-,10+/m0/s1. The number of fused-ring (bicyclic) bond motifs is 1. The number of carbonyl (C=O) groups excluding carboxylic acids is 2. The minimum absolute atomic E-state index is 0.133. The van der Waals surface area contributed by atoms with Crippen LogP contribution in [0.15, 0.2) is 0 Å². The van der Waals surface area contributed by atoms with Crippen molar-refractivity contribution in [1.82, 2.24) is 4.90 Å². The van der Waals surface area contributed by atoms with Crippen molar-refractivity contribution in [2.24, 2.45) is 0 Å². The predicted octanol–water partition coefficient (Wildman–Crippen LogP) is 1.35. The molecule has 1 amide bonds. The SMILES string of the molecule is CC(C)(C)OC(=O)N1CCO[C@@H]2CC(=O)C[C@@H]21. The molecule has 96 valence electrons. The zero-order valence-corrected chi connectivity index (χ0v) is 10.6. The monoisotopic (exact) mass is 241 g/mol. The Morgan fingerprint density at radius 1 is 1.41 bits per heavy atom. The van der Waals surface area contributed by atoms with E-state index in [1.165, 1.54) is 0 Å². The molecular formula is C12H19NO4. The molecule has 2 atom stereocenters. The molecule has 5 heteroatoms. The Bertz CT molecular complexity index is 334. The van der Waals surface area contributed by atoms with Crippen LogP contribution in [-0.4, -0.2) is 47.7 Å². The van der Waals surface area contributed by atoms with E-state index in [2.05, 4.69) is 0 Å². The van der Waals surface area contributed by atoms with E-state index in [0.717, 1.165) is 0 Å². The first-order valence-electron chi connectivity index (χ1n) is 6.00. The maximum Gasteiger partial charge on any atom is 0.410 e. The normalized spacial score (nSPS) is 29.1. The fourth-order valence-electron chi connectivity index (χ4n) is 2.30. The molecule has 0 spiro atoms. The van der Waals surface area contributed by atoms with Crippen LogP contribution in [0.4, 0.5) is 4.79 Å². The van der Waals surface area contributed by atoms with E-state index in [1.54, 1.807) is 4.90 Å². The molecule has 0 aromatic carbocycles. The van der Waals surface area contributed by atoms with Crippen LogP contribution in [0, 0.1) is 0 Å². The molecule has 0 bridgehead atoms. The van der Waals surface area contributed by atoms with E-state index >= 15 is 0 Å². The van der Waals surface area contributed by atoms with E-state index in [9.17, 15) is 9.59 Å². The summed E-state index contributed by atoms with van der Waals surface area (Å²) in [7, 11) is 0. The first-order valence-corrected chi connectivity index (χ1v) is 6.00. The highest BCUT2D eigenvalue weighted by atomic mass is 16.6. The number of carbonyl (C=O) groups is 2. The summed E-state index contributed by atoms with van der Waals surface area (Å²) in [4.78, 5) is 25.0. The van der Waals surface area contributed by atoms with Gasteiger partial charge < -0.3 is 9.47 Å². The van der Waals surface area contributed by atoms with Crippen LogP contribution in [0.3, 0.4) is 0 Å². The molecule has 2 fully saturated rings. The van der Waals surface area contributed by atoms with Gasteiger partial charge in [-0.25, -0.2) is 4.79 Å². The lowest BCUT2D eigenvalue weighted by atomic mass is 10.1. The van der Waals surface area contributed by atoms with Crippen molar-refractivity contribution in [3.05, 3.63) is 0 Å². The molecule has 5 nitrogen and oxygen atoms in total. The van der Waals surface area contributed by atoms with E-state index in [-0.39, 0.29) is 24.0 Å². The Morgan fingerprint density at radius 2 is 2.12 bits per heavy atom. The lowest BCUT2D eigenvalue weighted by Crippen LogP contribution is -2.52. The molecule has 1 saturated heterocycles. The summed E-state index contributed by atoms with van der Waals surface area (Å²) in [5.41, 5.74) is -0.506. The van der Waals surface area contributed by atoms with Gasteiger partial charge >= 0.3 is 6.09 Å². The quantitative estimate of drug-likeness (QED) is 0.642. The smallest absolute Gasteiger partial charge is 0.410 e. The fourth-order valence-corrected chi connectivity index (χ4v) is 2.30. The lowest BCUT2D eigenvalue weighted by Gasteiger charge is -2.37. The van der Waals surface area contributed by atoms with Crippen LogP contribution in [0.5, 0.6) is 0 Å². The van der Waals surface area contributed by atoms with Gasteiger partial charge in [0.2, 0.25) is 0 Å². The lowest BCUT2D eigenvalue weighted by molar-refractivity contribution is -0.118. The van der Waals surface area contributed by atoms with Crippen LogP contribution in [-0.2, 0) is 14.3 Å². The van der Waals surface area contributed by atoms with Gasteiger partial charge in [0.05, 0.1) is 18.8 Å². The Kier molecular flexibility index (Phi) is 3.12. The van der Waals surface area contributed by atoms with E-state index < -0.39 is 5.60 Å². The molecule has 0 N–H and O–H groups in total. The zero-order chi connectivity index (χ0) is 12.6. The first kappa shape index (κ1) is 12.4. The van der Waals surface area contributed by atoms with Crippen molar-refractivity contribution in [2.75, 3.05) is 13.2 Å². The Balaban J connectivity index is 2.05. The number of nitrogens with zero attached hydrogens (tertiary/aromatic N) is 1. The third-order valence-electron chi connectivity index (χ3n) is 2.99. The molecule has 0 aromatic heterocycles. The van der Waals surface area contributed by atoms with Gasteiger partial charge in [-0.2, -0.15) is 0 Å². The van der Waals surface area contributed by atoms with Gasteiger partial charge in [-0.15, -0.1) is 0 Å². The van der Waals surface area contributed by atoms with Crippen molar-refractivity contribution in [2.45, 2.75) is 51.4 Å². The van der Waals surface area contributed by atoms with Crippen molar-refractivity contribution in [3.8, 4) is 0 Å². The second-order valence-electron chi connectivity index (χ2n) is 5.60. The molecule has 1 saturated carbocycles. The summed E-state index contributed by atoms with van der Waals surface area (Å²) < 4.78 is 10.9. The molecule has 1 heterocycles. The van der Waals surface area contributed by atoms with Gasteiger partial charge in [0.25, 0.3) is 0 Å². The van der Waals surface area contributed by atoms with Crippen molar-refractivity contribution in [1.29, 1.82) is 0 Å². The Morgan fingerprint density at radius 3 is 2.76 bits per heavy atom. The van der Waals surface area contributed by atoms with Gasteiger partial charge in [0.15, 0.2) is 0 Å². The summed E-state index contributed by atoms with van der Waals surface area (Å²) in [6.07, 6.45) is 0.336. The Hall–Kier alpha value is -1.10. The molecule has 1 aliphatic heterocycles. The number of ketones is 1. The summed E-state index contributed by atoms with van der Waals surface area (Å²) in [6, 6.07) is -0.133. The van der Waals surface area contributed by atoms with Gasteiger partial charge in [-0.05, 0) is 20.8 Å². The van der Waals surface area contributed by atoms with E-state index in [4.69, 9.17) is 9.47 Å². The van der Waals surface area contributed by atoms with Crippen LogP contribution < -0.4 is 0 Å². The maximum absolute atomic E-state index is 12.0. The van der Waals surface area contributed by atoms with Gasteiger partial charge in [0.1, 0.15) is 11.4 Å². The Labute approximate surface area is 101 Å². The molecule has 17 heavy (non-hydrogen) atoms. The summed E-state index contributed by atoms with van der Waals surface area (Å²) in [5, 5.41) is 0. The highest BCUT2D eigenvalue weighted by molar-refractivity contribution is 5.83. The van der Waals surface area contributed by atoms with Gasteiger partial charge in [-0.1, -0.05) is 0 Å². The minimum atomic E-state index is -0.506. The van der Waals surface area contributed by atoms with Crippen LogP contribution in [0.2, 0.25) is 0 Å². The predicted molar refractivity (Wildman–Crippen MR) is 60.7 cm³/mol. The molecule has 2 rings (SSSR count). The fraction of sp³-hybridized carbons (Fsp3) is 0.833. The summed E-state index contributed by atoms with van der Waals surface area (Å²) in [6.45, 7) is 6.49. The first-order chi connectivity index (χ1) is 7.87. The van der Waals surface area contributed by atoms with Crippen LogP contribution in [0.1, 0.15) is 33.6 Å². The average Bonchev–Trinajstić information content (AvgIpc) is 2.54. The number of ether oxygens (including phenoxy) is 2. The number of morpholine rings is 1. The highest BCUT2D eigenvalue weighted by Crippen LogP contribution is 2.28. The maximum atomic E-state index is 12.0. The number of rotatable bonds is 0. The molecule has 0 radical (unpaired) electrons. The molecule has 0 unspecified atom stereocenters.